The molecule has 1 saturated carbocycles. The second-order valence-electron chi connectivity index (χ2n) is 5.78. The highest BCUT2D eigenvalue weighted by Crippen LogP contribution is 2.24. The Hall–Kier alpha value is -2.28. The monoisotopic (exact) mass is 298 g/mol. The zero-order valence-electron chi connectivity index (χ0n) is 13.2. The van der Waals surface area contributed by atoms with Crippen LogP contribution in [0.15, 0.2) is 24.3 Å². The minimum absolute atomic E-state index is 0.0247. The topological polar surface area (TPSA) is 49.4 Å². The van der Waals surface area contributed by atoms with Crippen LogP contribution in [0.1, 0.15) is 41.6 Å². The summed E-state index contributed by atoms with van der Waals surface area (Å²) in [5.41, 5.74) is 1.48. The lowest BCUT2D eigenvalue weighted by molar-refractivity contribution is -0.124. The van der Waals surface area contributed by atoms with Gasteiger partial charge in [-0.3, -0.25) is 9.59 Å². The number of amides is 2. The Morgan fingerprint density at radius 1 is 1.18 bits per heavy atom. The lowest BCUT2D eigenvalue weighted by Gasteiger charge is -2.09. The summed E-state index contributed by atoms with van der Waals surface area (Å²) in [4.78, 5) is 25.1. The van der Waals surface area contributed by atoms with Gasteiger partial charge in [-0.25, -0.2) is 0 Å². The predicted molar refractivity (Wildman–Crippen MR) is 86.3 cm³/mol. The van der Waals surface area contributed by atoms with Crippen LogP contribution in [0, 0.1) is 17.8 Å². The second-order valence-corrected chi connectivity index (χ2v) is 5.78. The van der Waals surface area contributed by atoms with Crippen molar-refractivity contribution in [3.63, 3.8) is 0 Å². The molecule has 0 bridgehead atoms. The number of carbonyl (C=O) groups excluding carboxylic acids is 2. The molecule has 1 aromatic rings. The average molecular weight is 298 g/mol. The van der Waals surface area contributed by atoms with Gasteiger partial charge in [-0.15, -0.1) is 0 Å². The molecule has 1 fully saturated rings. The smallest absolute Gasteiger partial charge is 0.253 e. The van der Waals surface area contributed by atoms with Crippen LogP contribution >= 0.6 is 0 Å². The van der Waals surface area contributed by atoms with Crippen molar-refractivity contribution in [3.05, 3.63) is 35.4 Å². The molecule has 1 aromatic carbocycles. The first-order chi connectivity index (χ1) is 10.6. The molecule has 1 N–H and O–H groups in total. The molecule has 0 unspecified atom stereocenters. The van der Waals surface area contributed by atoms with Crippen molar-refractivity contribution in [1.29, 1.82) is 0 Å². The summed E-state index contributed by atoms with van der Waals surface area (Å²) in [5.74, 6) is 6.22. The van der Waals surface area contributed by atoms with Crippen LogP contribution in [0.2, 0.25) is 0 Å². The predicted octanol–water partition coefficient (Wildman–Crippen LogP) is 2.05. The Balaban J connectivity index is 1.84. The largest absolute Gasteiger partial charge is 0.345 e. The summed E-state index contributed by atoms with van der Waals surface area (Å²) in [6.07, 6.45) is 4.31. The lowest BCUT2D eigenvalue weighted by atomic mass is 10.1. The molecular formula is C18H22N2O2. The van der Waals surface area contributed by atoms with Crippen molar-refractivity contribution in [2.75, 3.05) is 20.6 Å². The second kappa shape index (κ2) is 7.65. The maximum Gasteiger partial charge on any atom is 0.253 e. The van der Waals surface area contributed by atoms with Gasteiger partial charge in [0.25, 0.3) is 5.91 Å². The van der Waals surface area contributed by atoms with Gasteiger partial charge in [0.2, 0.25) is 5.91 Å². The van der Waals surface area contributed by atoms with Crippen LogP contribution in [-0.2, 0) is 4.79 Å². The molecule has 4 heteroatoms. The Labute approximate surface area is 131 Å². The van der Waals surface area contributed by atoms with E-state index < -0.39 is 0 Å². The molecule has 1 aliphatic rings. The highest BCUT2D eigenvalue weighted by Gasteiger charge is 2.21. The van der Waals surface area contributed by atoms with E-state index in [1.165, 1.54) is 0 Å². The molecular weight excluding hydrogens is 276 g/mol. The quantitative estimate of drug-likeness (QED) is 0.868. The SMILES string of the molecule is CN(C)C(=O)c1ccc(C#CCNC(=O)C2CCCC2)cc1. The molecule has 4 nitrogen and oxygen atoms in total. The van der Waals surface area contributed by atoms with Gasteiger partial charge in [-0.1, -0.05) is 24.7 Å². The Morgan fingerprint density at radius 3 is 2.41 bits per heavy atom. The third-order valence-electron chi connectivity index (χ3n) is 3.85. The summed E-state index contributed by atoms with van der Waals surface area (Å²) in [6.45, 7) is 0.369. The van der Waals surface area contributed by atoms with Crippen molar-refractivity contribution in [3.8, 4) is 11.8 Å². The molecule has 1 aliphatic carbocycles. The molecule has 0 saturated heterocycles. The number of benzene rings is 1. The van der Waals surface area contributed by atoms with E-state index in [9.17, 15) is 9.59 Å². The van der Waals surface area contributed by atoms with Crippen molar-refractivity contribution in [2.45, 2.75) is 25.7 Å². The van der Waals surface area contributed by atoms with Crippen molar-refractivity contribution < 1.29 is 9.59 Å². The summed E-state index contributed by atoms with van der Waals surface area (Å²) in [7, 11) is 3.45. The summed E-state index contributed by atoms with van der Waals surface area (Å²) < 4.78 is 0. The van der Waals surface area contributed by atoms with Crippen molar-refractivity contribution in [1.82, 2.24) is 10.2 Å². The molecule has 116 valence electrons. The van der Waals surface area contributed by atoms with Crippen LogP contribution in [0.25, 0.3) is 0 Å². The van der Waals surface area contributed by atoms with Crippen molar-refractivity contribution in [2.24, 2.45) is 5.92 Å². The van der Waals surface area contributed by atoms with E-state index in [2.05, 4.69) is 17.2 Å². The summed E-state index contributed by atoms with van der Waals surface area (Å²) in [6, 6.07) is 7.18. The Kier molecular flexibility index (Phi) is 5.60. The number of rotatable bonds is 3. The van der Waals surface area contributed by atoms with Crippen molar-refractivity contribution >= 4 is 11.8 Å². The van der Waals surface area contributed by atoms with Crippen LogP contribution in [0.3, 0.4) is 0 Å². The molecule has 0 aromatic heterocycles. The first-order valence-corrected chi connectivity index (χ1v) is 7.66. The standard InChI is InChI=1S/C18H22N2O2/c1-20(2)18(22)16-11-9-14(10-12-16)6-5-13-19-17(21)15-7-3-4-8-15/h9-12,15H,3-4,7-8,13H2,1-2H3,(H,19,21). The van der Waals surface area contributed by atoms with E-state index in [4.69, 9.17) is 0 Å². The first kappa shape index (κ1) is 16.1. The zero-order chi connectivity index (χ0) is 15.9. The summed E-state index contributed by atoms with van der Waals surface area (Å²) in [5, 5.41) is 2.87. The Bertz CT molecular complexity index is 588. The average Bonchev–Trinajstić information content (AvgIpc) is 3.05. The van der Waals surface area contributed by atoms with Gasteiger partial charge >= 0.3 is 0 Å². The molecule has 0 spiro atoms. The van der Waals surface area contributed by atoms with Gasteiger partial charge in [0, 0.05) is 31.1 Å². The van der Waals surface area contributed by atoms with Gasteiger partial charge in [0.1, 0.15) is 0 Å². The fourth-order valence-electron chi connectivity index (χ4n) is 2.56. The number of nitrogens with one attached hydrogen (secondary N) is 1. The molecule has 0 aliphatic heterocycles. The fraction of sp³-hybridized carbons (Fsp3) is 0.444. The molecule has 2 rings (SSSR count). The van der Waals surface area contributed by atoms with E-state index in [0.717, 1.165) is 31.2 Å². The normalized spacial score (nSPS) is 14.1. The van der Waals surface area contributed by atoms with Crippen LogP contribution in [0.5, 0.6) is 0 Å². The van der Waals surface area contributed by atoms with E-state index in [-0.39, 0.29) is 17.7 Å². The minimum Gasteiger partial charge on any atom is -0.345 e. The molecule has 2 amide bonds. The van der Waals surface area contributed by atoms with E-state index in [1.54, 1.807) is 31.1 Å². The highest BCUT2D eigenvalue weighted by atomic mass is 16.2. The number of hydrogen-bond acceptors (Lipinski definition) is 2. The van der Waals surface area contributed by atoms with E-state index in [1.807, 2.05) is 12.1 Å². The zero-order valence-corrected chi connectivity index (χ0v) is 13.2. The van der Waals surface area contributed by atoms with Gasteiger partial charge in [-0.2, -0.15) is 0 Å². The highest BCUT2D eigenvalue weighted by molar-refractivity contribution is 5.93. The maximum atomic E-state index is 11.8. The molecule has 0 atom stereocenters. The third kappa shape index (κ3) is 4.36. The lowest BCUT2D eigenvalue weighted by Crippen LogP contribution is -2.29. The number of carbonyl (C=O) groups is 2. The number of hydrogen-bond donors (Lipinski definition) is 1. The van der Waals surface area contributed by atoms with Gasteiger partial charge < -0.3 is 10.2 Å². The van der Waals surface area contributed by atoms with E-state index in [0.29, 0.717) is 12.1 Å². The molecule has 22 heavy (non-hydrogen) atoms. The van der Waals surface area contributed by atoms with Crippen LogP contribution in [-0.4, -0.2) is 37.4 Å². The molecule has 0 heterocycles. The van der Waals surface area contributed by atoms with Crippen LogP contribution < -0.4 is 5.32 Å². The van der Waals surface area contributed by atoms with Gasteiger partial charge in [-0.05, 0) is 37.1 Å². The van der Waals surface area contributed by atoms with Gasteiger partial charge in [0.05, 0.1) is 6.54 Å². The van der Waals surface area contributed by atoms with Gasteiger partial charge in [0.15, 0.2) is 0 Å². The summed E-state index contributed by atoms with van der Waals surface area (Å²) >= 11 is 0. The van der Waals surface area contributed by atoms with Crippen LogP contribution in [0.4, 0.5) is 0 Å². The third-order valence-corrected chi connectivity index (χ3v) is 3.85. The molecule has 0 radical (unpaired) electrons. The number of nitrogens with zero attached hydrogens (tertiary/aromatic N) is 1. The van der Waals surface area contributed by atoms with E-state index >= 15 is 0 Å². The Morgan fingerprint density at radius 2 is 1.82 bits per heavy atom. The fourth-order valence-corrected chi connectivity index (χ4v) is 2.56. The first-order valence-electron chi connectivity index (χ1n) is 7.66. The maximum absolute atomic E-state index is 11.8. The minimum atomic E-state index is -0.0247.